The lowest BCUT2D eigenvalue weighted by molar-refractivity contribution is -0.174. The Morgan fingerprint density at radius 1 is 1.32 bits per heavy atom. The Hall–Kier alpha value is -1.40. The molecule has 0 saturated carbocycles. The summed E-state index contributed by atoms with van der Waals surface area (Å²) in [5.74, 6) is -5.31. The van der Waals surface area contributed by atoms with E-state index in [2.05, 4.69) is 9.64 Å². The van der Waals surface area contributed by atoms with Crippen LogP contribution in [0.4, 0.5) is 14.5 Å². The van der Waals surface area contributed by atoms with Crippen LogP contribution < -0.4 is 10.6 Å². The average molecular weight is 335 g/mol. The number of hydrogen-bond acceptors (Lipinski definition) is 4. The Morgan fingerprint density at radius 2 is 1.86 bits per heavy atom. The van der Waals surface area contributed by atoms with Crippen LogP contribution in [0.1, 0.15) is 31.4 Å². The molecule has 0 bridgehead atoms. The quantitative estimate of drug-likeness (QED) is 0.841. The number of rotatable bonds is 5. The lowest BCUT2D eigenvalue weighted by Gasteiger charge is -2.23. The number of halogens is 3. The molecule has 1 aliphatic rings. The molecule has 1 aromatic carbocycles. The second-order valence-corrected chi connectivity index (χ2v) is 5.11. The van der Waals surface area contributed by atoms with Gasteiger partial charge in [-0.3, -0.25) is 0 Å². The highest BCUT2D eigenvalue weighted by atomic mass is 35.5. The first-order valence-corrected chi connectivity index (χ1v) is 7.12. The maximum Gasteiger partial charge on any atom is 0.379 e. The number of alkyl halides is 2. The van der Waals surface area contributed by atoms with Gasteiger partial charge in [-0.25, -0.2) is 4.79 Å². The second kappa shape index (κ2) is 7.74. The Balaban J connectivity index is 0.00000242. The molecular weight excluding hydrogens is 314 g/mol. The van der Waals surface area contributed by atoms with Gasteiger partial charge in [0.2, 0.25) is 0 Å². The van der Waals surface area contributed by atoms with E-state index in [0.29, 0.717) is 0 Å². The number of nitrogens with zero attached hydrogens (tertiary/aromatic N) is 1. The SMILES string of the molecule is CCOC(=O)C(F)(F)[C@H](N)c1ccc(N2CCCC2)cc1.Cl. The third kappa shape index (κ3) is 3.87. The van der Waals surface area contributed by atoms with Crippen LogP contribution in [-0.2, 0) is 9.53 Å². The minimum Gasteiger partial charge on any atom is -0.462 e. The highest BCUT2D eigenvalue weighted by molar-refractivity contribution is 5.85. The summed E-state index contributed by atoms with van der Waals surface area (Å²) in [6.07, 6.45) is 2.28. The van der Waals surface area contributed by atoms with E-state index in [0.717, 1.165) is 31.6 Å². The Kier molecular flexibility index (Phi) is 6.56. The molecule has 1 fully saturated rings. The van der Waals surface area contributed by atoms with Gasteiger partial charge in [0.05, 0.1) is 6.61 Å². The molecule has 1 atom stereocenters. The first-order valence-electron chi connectivity index (χ1n) is 7.12. The lowest BCUT2D eigenvalue weighted by Crippen LogP contribution is -2.41. The molecular formula is C15H21ClF2N2O2. The van der Waals surface area contributed by atoms with E-state index in [4.69, 9.17) is 5.73 Å². The van der Waals surface area contributed by atoms with Gasteiger partial charge in [0.15, 0.2) is 0 Å². The molecule has 1 heterocycles. The lowest BCUT2D eigenvalue weighted by atomic mass is 10.0. The molecule has 1 aromatic rings. The Bertz CT molecular complexity index is 491. The Labute approximate surface area is 135 Å². The molecule has 0 aliphatic carbocycles. The third-order valence-corrected chi connectivity index (χ3v) is 3.66. The minimum atomic E-state index is -3.73. The molecule has 22 heavy (non-hydrogen) atoms. The molecule has 2 N–H and O–H groups in total. The van der Waals surface area contributed by atoms with Gasteiger partial charge in [0.1, 0.15) is 6.04 Å². The summed E-state index contributed by atoms with van der Waals surface area (Å²) in [6, 6.07) is 4.92. The van der Waals surface area contributed by atoms with Crippen molar-refractivity contribution in [3.63, 3.8) is 0 Å². The van der Waals surface area contributed by atoms with Crippen LogP contribution in [0.2, 0.25) is 0 Å². The normalized spacial score (nSPS) is 16.1. The molecule has 1 aliphatic heterocycles. The minimum absolute atomic E-state index is 0. The first kappa shape index (κ1) is 18.6. The van der Waals surface area contributed by atoms with Gasteiger partial charge >= 0.3 is 11.9 Å². The van der Waals surface area contributed by atoms with Crippen molar-refractivity contribution in [2.24, 2.45) is 5.73 Å². The van der Waals surface area contributed by atoms with Crippen molar-refractivity contribution in [3.8, 4) is 0 Å². The number of anilines is 1. The topological polar surface area (TPSA) is 55.6 Å². The molecule has 0 unspecified atom stereocenters. The van der Waals surface area contributed by atoms with Crippen LogP contribution in [0.3, 0.4) is 0 Å². The predicted octanol–water partition coefficient (Wildman–Crippen LogP) is 2.91. The standard InChI is InChI=1S/C15H20F2N2O2.ClH/c1-2-21-14(20)15(16,17)13(18)11-5-7-12(8-6-11)19-9-3-4-10-19;/h5-8,13H,2-4,9-10,18H2,1H3;1H/t13-;/m1./s1. The number of nitrogens with two attached hydrogens (primary N) is 1. The zero-order valence-electron chi connectivity index (χ0n) is 12.4. The molecule has 1 saturated heterocycles. The van der Waals surface area contributed by atoms with Crippen molar-refractivity contribution in [2.45, 2.75) is 31.7 Å². The van der Waals surface area contributed by atoms with Gasteiger partial charge in [0.25, 0.3) is 0 Å². The largest absolute Gasteiger partial charge is 0.462 e. The number of carbonyl (C=O) groups excluding carboxylic acids is 1. The highest BCUT2D eigenvalue weighted by Crippen LogP contribution is 2.32. The van der Waals surface area contributed by atoms with Gasteiger partial charge in [-0.15, -0.1) is 12.4 Å². The van der Waals surface area contributed by atoms with E-state index in [1.165, 1.54) is 6.92 Å². The summed E-state index contributed by atoms with van der Waals surface area (Å²) in [6.45, 7) is 3.33. The summed E-state index contributed by atoms with van der Waals surface area (Å²) in [5, 5.41) is 0. The van der Waals surface area contributed by atoms with Crippen LogP contribution in [-0.4, -0.2) is 31.6 Å². The van der Waals surface area contributed by atoms with Crippen molar-refractivity contribution in [1.29, 1.82) is 0 Å². The van der Waals surface area contributed by atoms with Gasteiger partial charge in [-0.05, 0) is 37.5 Å². The molecule has 0 radical (unpaired) electrons. The molecule has 7 heteroatoms. The number of benzene rings is 1. The maximum absolute atomic E-state index is 13.9. The van der Waals surface area contributed by atoms with E-state index in [1.54, 1.807) is 24.3 Å². The summed E-state index contributed by atoms with van der Waals surface area (Å²) >= 11 is 0. The highest BCUT2D eigenvalue weighted by Gasteiger charge is 2.47. The molecule has 4 nitrogen and oxygen atoms in total. The van der Waals surface area contributed by atoms with Crippen LogP contribution in [0.5, 0.6) is 0 Å². The maximum atomic E-state index is 13.9. The summed E-state index contributed by atoms with van der Waals surface area (Å²) in [5.41, 5.74) is 6.75. The number of hydrogen-bond donors (Lipinski definition) is 1. The molecule has 0 aromatic heterocycles. The van der Waals surface area contributed by atoms with Crippen LogP contribution in [0, 0.1) is 0 Å². The fourth-order valence-electron chi connectivity index (χ4n) is 2.43. The van der Waals surface area contributed by atoms with Crippen molar-refractivity contribution in [1.82, 2.24) is 0 Å². The molecule has 124 valence electrons. The molecule has 2 rings (SSSR count). The van der Waals surface area contributed by atoms with E-state index in [9.17, 15) is 13.6 Å². The number of carbonyl (C=O) groups is 1. The van der Waals surface area contributed by atoms with E-state index < -0.39 is 17.9 Å². The summed E-state index contributed by atoms with van der Waals surface area (Å²) < 4.78 is 32.1. The summed E-state index contributed by atoms with van der Waals surface area (Å²) in [4.78, 5) is 13.5. The molecule has 0 spiro atoms. The van der Waals surface area contributed by atoms with Crippen molar-refractivity contribution >= 4 is 24.1 Å². The number of esters is 1. The van der Waals surface area contributed by atoms with Crippen molar-refractivity contribution < 1.29 is 18.3 Å². The van der Waals surface area contributed by atoms with Crippen LogP contribution in [0.25, 0.3) is 0 Å². The monoisotopic (exact) mass is 334 g/mol. The van der Waals surface area contributed by atoms with E-state index >= 15 is 0 Å². The van der Waals surface area contributed by atoms with Crippen molar-refractivity contribution in [3.05, 3.63) is 29.8 Å². The fraction of sp³-hybridized carbons (Fsp3) is 0.533. The Morgan fingerprint density at radius 3 is 2.36 bits per heavy atom. The smallest absolute Gasteiger partial charge is 0.379 e. The predicted molar refractivity (Wildman–Crippen MR) is 83.6 cm³/mol. The van der Waals surface area contributed by atoms with E-state index in [1.807, 2.05) is 0 Å². The number of ether oxygens (including phenoxy) is 1. The van der Waals surface area contributed by atoms with Gasteiger partial charge in [-0.2, -0.15) is 8.78 Å². The zero-order chi connectivity index (χ0) is 15.5. The van der Waals surface area contributed by atoms with Gasteiger partial charge < -0.3 is 15.4 Å². The fourth-order valence-corrected chi connectivity index (χ4v) is 2.43. The summed E-state index contributed by atoms with van der Waals surface area (Å²) in [7, 11) is 0. The average Bonchev–Trinajstić information content (AvgIpc) is 3.01. The first-order chi connectivity index (χ1) is 9.96. The van der Waals surface area contributed by atoms with Crippen LogP contribution in [0.15, 0.2) is 24.3 Å². The van der Waals surface area contributed by atoms with Crippen LogP contribution >= 0.6 is 12.4 Å². The van der Waals surface area contributed by atoms with Gasteiger partial charge in [0, 0.05) is 18.8 Å². The van der Waals surface area contributed by atoms with E-state index in [-0.39, 0.29) is 24.6 Å². The van der Waals surface area contributed by atoms with Crippen molar-refractivity contribution in [2.75, 3.05) is 24.6 Å². The molecule has 0 amide bonds. The zero-order valence-corrected chi connectivity index (χ0v) is 13.2. The van der Waals surface area contributed by atoms with Gasteiger partial charge in [-0.1, -0.05) is 12.1 Å². The third-order valence-electron chi connectivity index (χ3n) is 3.66. The second-order valence-electron chi connectivity index (χ2n) is 5.11.